The maximum atomic E-state index is 10.7. The van der Waals surface area contributed by atoms with Gasteiger partial charge in [-0.15, -0.1) is 0 Å². The van der Waals surface area contributed by atoms with Crippen LogP contribution < -0.4 is 0 Å². The zero-order valence-corrected chi connectivity index (χ0v) is 8.57. The normalized spacial score (nSPS) is 41.8. The van der Waals surface area contributed by atoms with Crippen LogP contribution in [0.3, 0.4) is 0 Å². The molecule has 0 aromatic heterocycles. The Kier molecular flexibility index (Phi) is 2.41. The molecule has 0 amide bonds. The van der Waals surface area contributed by atoms with Gasteiger partial charge in [0, 0.05) is 24.0 Å². The SMILES string of the molecule is C[C@H]1CC(C=O)C[C@H](C)N1C1CC1. The topological polar surface area (TPSA) is 20.3 Å². The molecule has 2 heteroatoms. The summed E-state index contributed by atoms with van der Waals surface area (Å²) in [5, 5.41) is 0. The molecule has 0 N–H and O–H groups in total. The van der Waals surface area contributed by atoms with Crippen molar-refractivity contribution in [2.75, 3.05) is 0 Å². The summed E-state index contributed by atoms with van der Waals surface area (Å²) < 4.78 is 0. The number of rotatable bonds is 2. The molecule has 1 saturated carbocycles. The number of carbonyl (C=O) groups excluding carboxylic acids is 1. The van der Waals surface area contributed by atoms with Crippen LogP contribution in [0.4, 0.5) is 0 Å². The third kappa shape index (κ3) is 1.78. The van der Waals surface area contributed by atoms with Crippen molar-refractivity contribution in [1.82, 2.24) is 4.90 Å². The first-order valence-electron chi connectivity index (χ1n) is 5.45. The number of carbonyl (C=O) groups is 1. The van der Waals surface area contributed by atoms with Crippen LogP contribution in [-0.2, 0) is 4.79 Å². The van der Waals surface area contributed by atoms with E-state index in [1.165, 1.54) is 12.8 Å². The molecular weight excluding hydrogens is 162 g/mol. The van der Waals surface area contributed by atoms with Crippen LogP contribution in [0.1, 0.15) is 39.5 Å². The summed E-state index contributed by atoms with van der Waals surface area (Å²) in [6, 6.07) is 2.08. The third-order valence-electron chi connectivity index (χ3n) is 3.47. The Bertz CT molecular complexity index is 188. The molecule has 1 aliphatic heterocycles. The first-order chi connectivity index (χ1) is 6.22. The molecule has 0 aromatic carbocycles. The van der Waals surface area contributed by atoms with Gasteiger partial charge in [0.25, 0.3) is 0 Å². The lowest BCUT2D eigenvalue weighted by atomic mass is 9.88. The van der Waals surface area contributed by atoms with Gasteiger partial charge in [0.05, 0.1) is 0 Å². The highest BCUT2D eigenvalue weighted by Gasteiger charge is 2.39. The second-order valence-corrected chi connectivity index (χ2v) is 4.74. The summed E-state index contributed by atoms with van der Waals surface area (Å²) in [5.74, 6) is 0.319. The van der Waals surface area contributed by atoms with E-state index in [9.17, 15) is 4.79 Å². The quantitative estimate of drug-likeness (QED) is 0.606. The van der Waals surface area contributed by atoms with Crippen LogP contribution in [0, 0.1) is 5.92 Å². The smallest absolute Gasteiger partial charge is 0.123 e. The minimum Gasteiger partial charge on any atom is -0.303 e. The fraction of sp³-hybridized carbons (Fsp3) is 0.909. The molecule has 0 bridgehead atoms. The molecule has 13 heavy (non-hydrogen) atoms. The van der Waals surface area contributed by atoms with Crippen LogP contribution in [0.15, 0.2) is 0 Å². The zero-order chi connectivity index (χ0) is 9.42. The van der Waals surface area contributed by atoms with Gasteiger partial charge in [0.1, 0.15) is 6.29 Å². The van der Waals surface area contributed by atoms with Gasteiger partial charge in [-0.25, -0.2) is 0 Å². The number of hydrogen-bond acceptors (Lipinski definition) is 2. The van der Waals surface area contributed by atoms with Gasteiger partial charge in [0.15, 0.2) is 0 Å². The molecule has 0 radical (unpaired) electrons. The highest BCUT2D eigenvalue weighted by molar-refractivity contribution is 5.53. The van der Waals surface area contributed by atoms with Crippen LogP contribution in [0.5, 0.6) is 0 Å². The van der Waals surface area contributed by atoms with Gasteiger partial charge in [-0.1, -0.05) is 0 Å². The Hall–Kier alpha value is -0.370. The number of aldehydes is 1. The molecule has 2 nitrogen and oxygen atoms in total. The Morgan fingerprint density at radius 1 is 1.15 bits per heavy atom. The number of hydrogen-bond donors (Lipinski definition) is 0. The van der Waals surface area contributed by atoms with Crippen LogP contribution in [-0.4, -0.2) is 29.3 Å². The van der Waals surface area contributed by atoms with Crippen molar-refractivity contribution in [3.05, 3.63) is 0 Å². The Labute approximate surface area is 80.3 Å². The molecule has 74 valence electrons. The standard InChI is InChI=1S/C11H19NO/c1-8-5-10(7-13)6-9(2)12(8)11-3-4-11/h7-11H,3-6H2,1-2H3/t8-,9-/m0/s1. The number of likely N-dealkylation sites (tertiary alicyclic amines) is 1. The largest absolute Gasteiger partial charge is 0.303 e. The van der Waals surface area contributed by atoms with Crippen LogP contribution >= 0.6 is 0 Å². The summed E-state index contributed by atoms with van der Waals surface area (Å²) in [6.07, 6.45) is 6.05. The minimum atomic E-state index is 0.319. The van der Waals surface area contributed by atoms with E-state index in [0.717, 1.165) is 25.2 Å². The molecule has 2 aliphatic rings. The number of nitrogens with zero attached hydrogens (tertiary/aromatic N) is 1. The molecule has 0 unspecified atom stereocenters. The lowest BCUT2D eigenvalue weighted by molar-refractivity contribution is -0.113. The van der Waals surface area contributed by atoms with Gasteiger partial charge in [-0.2, -0.15) is 0 Å². The first kappa shape index (κ1) is 9.20. The van der Waals surface area contributed by atoms with Crippen molar-refractivity contribution in [3.8, 4) is 0 Å². The molecular formula is C11H19NO. The van der Waals surface area contributed by atoms with Gasteiger partial charge in [0.2, 0.25) is 0 Å². The van der Waals surface area contributed by atoms with E-state index < -0.39 is 0 Å². The molecule has 2 rings (SSSR count). The second kappa shape index (κ2) is 3.41. The van der Waals surface area contributed by atoms with Gasteiger partial charge in [-0.05, 0) is 39.5 Å². The van der Waals surface area contributed by atoms with E-state index in [0.29, 0.717) is 18.0 Å². The van der Waals surface area contributed by atoms with Crippen molar-refractivity contribution in [2.24, 2.45) is 5.92 Å². The summed E-state index contributed by atoms with van der Waals surface area (Å²) in [5.41, 5.74) is 0. The average Bonchev–Trinajstić information content (AvgIpc) is 2.87. The maximum Gasteiger partial charge on any atom is 0.123 e. The van der Waals surface area contributed by atoms with Crippen molar-refractivity contribution in [2.45, 2.75) is 57.7 Å². The first-order valence-corrected chi connectivity index (χ1v) is 5.45. The monoisotopic (exact) mass is 181 g/mol. The molecule has 2 fully saturated rings. The number of piperidine rings is 1. The summed E-state index contributed by atoms with van der Waals surface area (Å²) in [7, 11) is 0. The molecule has 1 saturated heterocycles. The predicted octanol–water partition coefficient (Wildman–Crippen LogP) is 1.84. The lowest BCUT2D eigenvalue weighted by Gasteiger charge is -2.41. The predicted molar refractivity (Wildman–Crippen MR) is 52.6 cm³/mol. The van der Waals surface area contributed by atoms with Crippen LogP contribution in [0.25, 0.3) is 0 Å². The third-order valence-corrected chi connectivity index (χ3v) is 3.47. The lowest BCUT2D eigenvalue weighted by Crippen LogP contribution is -2.48. The summed E-state index contributed by atoms with van der Waals surface area (Å²) >= 11 is 0. The van der Waals surface area contributed by atoms with Crippen LogP contribution in [0.2, 0.25) is 0 Å². The fourth-order valence-corrected chi connectivity index (χ4v) is 2.85. The van der Waals surface area contributed by atoms with Gasteiger partial charge in [-0.3, -0.25) is 4.90 Å². The van der Waals surface area contributed by atoms with E-state index in [1.807, 2.05) is 0 Å². The molecule has 0 aromatic rings. The molecule has 2 atom stereocenters. The van der Waals surface area contributed by atoms with E-state index in [1.54, 1.807) is 0 Å². The minimum absolute atomic E-state index is 0.319. The highest BCUT2D eigenvalue weighted by Crippen LogP contribution is 2.36. The summed E-state index contributed by atoms with van der Waals surface area (Å²) in [4.78, 5) is 13.3. The fourth-order valence-electron chi connectivity index (χ4n) is 2.85. The Morgan fingerprint density at radius 2 is 1.69 bits per heavy atom. The Morgan fingerprint density at radius 3 is 2.08 bits per heavy atom. The van der Waals surface area contributed by atoms with E-state index in [4.69, 9.17) is 0 Å². The van der Waals surface area contributed by atoms with E-state index in [-0.39, 0.29) is 0 Å². The molecule has 1 aliphatic carbocycles. The zero-order valence-electron chi connectivity index (χ0n) is 8.57. The van der Waals surface area contributed by atoms with Crippen molar-refractivity contribution in [3.63, 3.8) is 0 Å². The van der Waals surface area contributed by atoms with E-state index >= 15 is 0 Å². The van der Waals surface area contributed by atoms with Gasteiger partial charge < -0.3 is 4.79 Å². The highest BCUT2D eigenvalue weighted by atomic mass is 16.1. The maximum absolute atomic E-state index is 10.7. The summed E-state index contributed by atoms with van der Waals surface area (Å²) in [6.45, 7) is 4.54. The van der Waals surface area contributed by atoms with Crippen molar-refractivity contribution < 1.29 is 4.79 Å². The second-order valence-electron chi connectivity index (χ2n) is 4.74. The van der Waals surface area contributed by atoms with E-state index in [2.05, 4.69) is 18.7 Å². The van der Waals surface area contributed by atoms with Crippen molar-refractivity contribution in [1.29, 1.82) is 0 Å². The van der Waals surface area contributed by atoms with Gasteiger partial charge >= 0.3 is 0 Å². The Balaban J connectivity index is 2.00. The molecule has 0 spiro atoms. The van der Waals surface area contributed by atoms with Crippen molar-refractivity contribution >= 4 is 6.29 Å². The average molecular weight is 181 g/mol. The molecule has 1 heterocycles.